The molecule has 1 saturated carbocycles. The van der Waals surface area contributed by atoms with Crippen molar-refractivity contribution in [3.05, 3.63) is 0 Å². The number of ether oxygens (including phenoxy) is 2. The van der Waals surface area contributed by atoms with Crippen LogP contribution >= 0.6 is 12.4 Å². The molecule has 0 radical (unpaired) electrons. The van der Waals surface area contributed by atoms with E-state index in [1.54, 1.807) is 7.11 Å². The number of carbonyl (C=O) groups is 1. The monoisotopic (exact) mass is 360 g/mol. The Balaban J connectivity index is 0.00000208. The maximum Gasteiger partial charge on any atom is 0.239 e. The first-order valence-electron chi connectivity index (χ1n) is 9.43. The molecule has 1 N–H and O–H groups in total. The molecule has 3 atom stereocenters. The summed E-state index contributed by atoms with van der Waals surface area (Å²) in [6.45, 7) is 3.22. The summed E-state index contributed by atoms with van der Waals surface area (Å²) in [4.78, 5) is 14.8. The van der Waals surface area contributed by atoms with Gasteiger partial charge in [0, 0.05) is 39.5 Å². The van der Waals surface area contributed by atoms with E-state index in [-0.39, 0.29) is 18.4 Å². The van der Waals surface area contributed by atoms with E-state index in [4.69, 9.17) is 9.47 Å². The lowest BCUT2D eigenvalue weighted by atomic mass is 9.85. The molecule has 3 fully saturated rings. The van der Waals surface area contributed by atoms with Crippen LogP contribution in [-0.4, -0.2) is 62.4 Å². The summed E-state index contributed by atoms with van der Waals surface area (Å²) in [5.41, 5.74) is 0. The van der Waals surface area contributed by atoms with Crippen molar-refractivity contribution in [3.63, 3.8) is 0 Å². The topological polar surface area (TPSA) is 50.8 Å². The SMILES string of the molecule is COCCCOC1CCN(C(=O)C2CC3CCCCC3N2)CC1.Cl. The van der Waals surface area contributed by atoms with Crippen LogP contribution in [0, 0.1) is 5.92 Å². The second-order valence-corrected chi connectivity index (χ2v) is 7.35. The molecule has 2 aliphatic heterocycles. The Kier molecular flexibility index (Phi) is 8.28. The van der Waals surface area contributed by atoms with E-state index in [0.29, 0.717) is 18.1 Å². The Morgan fingerprint density at radius 3 is 2.58 bits per heavy atom. The number of carbonyl (C=O) groups excluding carboxylic acids is 1. The van der Waals surface area contributed by atoms with Crippen molar-refractivity contribution in [3.8, 4) is 0 Å². The average Bonchev–Trinajstić information content (AvgIpc) is 3.03. The predicted octanol–water partition coefficient (Wildman–Crippen LogP) is 2.37. The Bertz CT molecular complexity index is 374. The van der Waals surface area contributed by atoms with Crippen LogP contribution in [0.5, 0.6) is 0 Å². The number of nitrogens with zero attached hydrogens (tertiary/aromatic N) is 1. The van der Waals surface area contributed by atoms with Gasteiger partial charge in [0.2, 0.25) is 5.91 Å². The van der Waals surface area contributed by atoms with Crippen LogP contribution in [0.3, 0.4) is 0 Å². The number of nitrogens with one attached hydrogen (secondary N) is 1. The Morgan fingerprint density at radius 2 is 1.88 bits per heavy atom. The van der Waals surface area contributed by atoms with Crippen LogP contribution in [0.4, 0.5) is 0 Å². The van der Waals surface area contributed by atoms with Gasteiger partial charge in [-0.25, -0.2) is 0 Å². The average molecular weight is 361 g/mol. The summed E-state index contributed by atoms with van der Waals surface area (Å²) in [5.74, 6) is 1.07. The molecular weight excluding hydrogens is 328 g/mol. The molecule has 5 nitrogen and oxygen atoms in total. The normalized spacial score (nSPS) is 30.7. The Hall–Kier alpha value is -0.360. The molecule has 3 rings (SSSR count). The quantitative estimate of drug-likeness (QED) is 0.739. The van der Waals surface area contributed by atoms with Gasteiger partial charge in [0.25, 0.3) is 0 Å². The third-order valence-electron chi connectivity index (χ3n) is 5.76. The smallest absolute Gasteiger partial charge is 0.239 e. The number of hydrogen-bond acceptors (Lipinski definition) is 4. The second-order valence-electron chi connectivity index (χ2n) is 7.35. The molecule has 0 spiro atoms. The molecule has 1 amide bonds. The molecule has 24 heavy (non-hydrogen) atoms. The number of rotatable bonds is 6. The number of methoxy groups -OCH3 is 1. The maximum atomic E-state index is 12.8. The number of amides is 1. The number of fused-ring (bicyclic) bond motifs is 1. The summed E-state index contributed by atoms with van der Waals surface area (Å²) < 4.78 is 10.9. The molecule has 0 bridgehead atoms. The molecule has 1 aliphatic carbocycles. The van der Waals surface area contributed by atoms with E-state index in [1.165, 1.54) is 25.7 Å². The van der Waals surface area contributed by atoms with Gasteiger partial charge in [-0.1, -0.05) is 12.8 Å². The maximum absolute atomic E-state index is 12.8. The second kappa shape index (κ2) is 9.95. The lowest BCUT2D eigenvalue weighted by molar-refractivity contribution is -0.135. The highest BCUT2D eigenvalue weighted by Crippen LogP contribution is 2.34. The summed E-state index contributed by atoms with van der Waals surface area (Å²) >= 11 is 0. The van der Waals surface area contributed by atoms with Gasteiger partial charge in [0.1, 0.15) is 0 Å². The number of likely N-dealkylation sites (tertiary alicyclic amines) is 1. The highest BCUT2D eigenvalue weighted by molar-refractivity contribution is 5.85. The van der Waals surface area contributed by atoms with Crippen LogP contribution in [-0.2, 0) is 14.3 Å². The zero-order valence-corrected chi connectivity index (χ0v) is 15.7. The van der Waals surface area contributed by atoms with Crippen molar-refractivity contribution in [2.45, 2.75) is 69.6 Å². The molecule has 3 aliphatic rings. The predicted molar refractivity (Wildman–Crippen MR) is 96.6 cm³/mol. The molecule has 2 heterocycles. The van der Waals surface area contributed by atoms with Crippen molar-refractivity contribution in [1.29, 1.82) is 0 Å². The molecule has 2 saturated heterocycles. The van der Waals surface area contributed by atoms with Gasteiger partial charge in [-0.05, 0) is 44.4 Å². The Labute approximate surface area is 152 Å². The largest absolute Gasteiger partial charge is 0.385 e. The summed E-state index contributed by atoms with van der Waals surface area (Å²) in [7, 11) is 1.72. The van der Waals surface area contributed by atoms with Crippen LogP contribution in [0.1, 0.15) is 51.4 Å². The number of hydrogen-bond donors (Lipinski definition) is 1. The van der Waals surface area contributed by atoms with Crippen LogP contribution in [0.2, 0.25) is 0 Å². The van der Waals surface area contributed by atoms with Crippen LogP contribution in [0.25, 0.3) is 0 Å². The van der Waals surface area contributed by atoms with Gasteiger partial charge in [0.05, 0.1) is 12.1 Å². The molecular formula is C18H33ClN2O3. The zero-order chi connectivity index (χ0) is 16.1. The van der Waals surface area contributed by atoms with Gasteiger partial charge in [-0.3, -0.25) is 4.79 Å². The standard InChI is InChI=1S/C18H32N2O3.ClH/c1-22-11-4-12-23-15-7-9-20(10-8-15)18(21)17-13-14-5-2-3-6-16(14)19-17;/h14-17,19H,2-13H2,1H3;1H. The van der Waals surface area contributed by atoms with E-state index in [2.05, 4.69) is 10.2 Å². The lowest BCUT2D eigenvalue weighted by Crippen LogP contribution is -2.49. The van der Waals surface area contributed by atoms with Crippen molar-refractivity contribution >= 4 is 18.3 Å². The third kappa shape index (κ3) is 5.07. The van der Waals surface area contributed by atoms with Gasteiger partial charge in [0.15, 0.2) is 0 Å². The molecule has 3 unspecified atom stereocenters. The zero-order valence-electron chi connectivity index (χ0n) is 14.9. The van der Waals surface area contributed by atoms with E-state index in [0.717, 1.165) is 57.9 Å². The van der Waals surface area contributed by atoms with Gasteiger partial charge >= 0.3 is 0 Å². The molecule has 6 heteroatoms. The minimum Gasteiger partial charge on any atom is -0.385 e. The molecule has 140 valence electrons. The molecule has 0 aromatic heterocycles. The van der Waals surface area contributed by atoms with Crippen molar-refractivity contribution in [2.24, 2.45) is 5.92 Å². The lowest BCUT2D eigenvalue weighted by Gasteiger charge is -2.33. The first-order valence-corrected chi connectivity index (χ1v) is 9.43. The van der Waals surface area contributed by atoms with Crippen molar-refractivity contribution < 1.29 is 14.3 Å². The van der Waals surface area contributed by atoms with Gasteiger partial charge < -0.3 is 19.7 Å². The van der Waals surface area contributed by atoms with E-state index in [1.807, 2.05) is 0 Å². The van der Waals surface area contributed by atoms with Gasteiger partial charge in [-0.15, -0.1) is 12.4 Å². The van der Waals surface area contributed by atoms with Crippen LogP contribution in [0.15, 0.2) is 0 Å². The van der Waals surface area contributed by atoms with Crippen LogP contribution < -0.4 is 5.32 Å². The fourth-order valence-corrected chi connectivity index (χ4v) is 4.43. The fourth-order valence-electron chi connectivity index (χ4n) is 4.43. The fraction of sp³-hybridized carbons (Fsp3) is 0.944. The number of halogens is 1. The van der Waals surface area contributed by atoms with Crippen molar-refractivity contribution in [2.75, 3.05) is 33.4 Å². The summed E-state index contributed by atoms with van der Waals surface area (Å²) in [6.07, 6.45) is 9.48. The van der Waals surface area contributed by atoms with Crippen molar-refractivity contribution in [1.82, 2.24) is 10.2 Å². The van der Waals surface area contributed by atoms with E-state index < -0.39 is 0 Å². The summed E-state index contributed by atoms with van der Waals surface area (Å²) in [6, 6.07) is 0.668. The van der Waals surface area contributed by atoms with E-state index >= 15 is 0 Å². The minimum absolute atomic E-state index is 0. The summed E-state index contributed by atoms with van der Waals surface area (Å²) in [5, 5.41) is 3.61. The van der Waals surface area contributed by atoms with E-state index in [9.17, 15) is 4.79 Å². The van der Waals surface area contributed by atoms with Gasteiger partial charge in [-0.2, -0.15) is 0 Å². The Morgan fingerprint density at radius 1 is 1.12 bits per heavy atom. The highest BCUT2D eigenvalue weighted by atomic mass is 35.5. The first-order chi connectivity index (χ1) is 11.3. The number of piperidine rings is 1. The highest BCUT2D eigenvalue weighted by Gasteiger charge is 2.40. The molecule has 0 aromatic carbocycles. The first kappa shape index (κ1) is 20.0. The molecule has 0 aromatic rings. The third-order valence-corrected chi connectivity index (χ3v) is 5.76. The minimum atomic E-state index is 0.